The molecule has 3 aromatic rings. The molecule has 0 unspecified atom stereocenters. The molecule has 1 heterocycles. The van der Waals surface area contributed by atoms with Crippen molar-refractivity contribution in [1.29, 1.82) is 0 Å². The second-order valence-electron chi connectivity index (χ2n) is 5.33. The average molecular weight is 520 g/mol. The topological polar surface area (TPSA) is 85.4 Å². The Morgan fingerprint density at radius 3 is 2.69 bits per heavy atom. The molecule has 0 saturated heterocycles. The lowest BCUT2D eigenvalue weighted by atomic mass is 10.3. The van der Waals surface area contributed by atoms with Gasteiger partial charge in [0.05, 0.1) is 19.6 Å². The summed E-state index contributed by atoms with van der Waals surface area (Å²) in [4.78, 5) is 16.6. The van der Waals surface area contributed by atoms with Gasteiger partial charge in [-0.15, -0.1) is 0 Å². The Morgan fingerprint density at radius 1 is 1.23 bits per heavy atom. The number of hydrogen-bond donors (Lipinski definition) is 1. The molecule has 0 aliphatic carbocycles. The number of rotatable bonds is 5. The number of nitrogens with one attached hydrogen (secondary N) is 1. The van der Waals surface area contributed by atoms with Gasteiger partial charge in [-0.05, 0) is 52.3 Å². The number of benzene rings is 2. The fraction of sp³-hybridized carbons (Fsp3) is 0.125. The smallest absolute Gasteiger partial charge is 0.264 e. The van der Waals surface area contributed by atoms with E-state index in [-0.39, 0.29) is 17.4 Å². The Kier molecular flexibility index (Phi) is 5.66. The van der Waals surface area contributed by atoms with Crippen molar-refractivity contribution >= 4 is 74.3 Å². The highest BCUT2D eigenvalue weighted by Gasteiger charge is 2.13. The molecule has 0 atom stereocenters. The number of amides is 1. The van der Waals surface area contributed by atoms with Crippen molar-refractivity contribution in [3.05, 3.63) is 45.3 Å². The Labute approximate surface area is 170 Å². The van der Waals surface area contributed by atoms with Crippen molar-refractivity contribution < 1.29 is 17.9 Å². The lowest BCUT2D eigenvalue weighted by molar-refractivity contribution is -0.118. The zero-order chi connectivity index (χ0) is 18.9. The summed E-state index contributed by atoms with van der Waals surface area (Å²) in [5, 5.41) is 3.04. The van der Waals surface area contributed by atoms with E-state index < -0.39 is 9.84 Å². The summed E-state index contributed by atoms with van der Waals surface area (Å²) in [6.07, 6.45) is 1.15. The molecule has 3 rings (SSSR count). The largest absolute Gasteiger partial charge is 0.483 e. The van der Waals surface area contributed by atoms with Crippen LogP contribution in [0.5, 0.6) is 5.75 Å². The zero-order valence-electron chi connectivity index (χ0n) is 13.3. The first-order chi connectivity index (χ1) is 12.2. The molecular weight excluding hydrogens is 508 g/mol. The normalized spacial score (nSPS) is 11.5. The summed E-state index contributed by atoms with van der Waals surface area (Å²) >= 11 is 7.91. The second-order valence-corrected chi connectivity index (χ2v) is 10.1. The molecule has 0 saturated carbocycles. The fourth-order valence-electron chi connectivity index (χ4n) is 2.08. The fourth-order valence-corrected chi connectivity index (χ4v) is 4.88. The monoisotopic (exact) mass is 518 g/mol. The maximum atomic E-state index is 12.1. The van der Waals surface area contributed by atoms with E-state index in [1.165, 1.54) is 17.4 Å². The van der Waals surface area contributed by atoms with E-state index in [4.69, 9.17) is 4.74 Å². The number of sulfone groups is 1. The van der Waals surface area contributed by atoms with Crippen LogP contribution in [-0.4, -0.2) is 32.2 Å². The van der Waals surface area contributed by atoms with Gasteiger partial charge in [0.2, 0.25) is 0 Å². The first-order valence-corrected chi connectivity index (χ1v) is 11.5. The summed E-state index contributed by atoms with van der Waals surface area (Å²) in [6.45, 7) is -0.176. The van der Waals surface area contributed by atoms with Crippen LogP contribution in [0.15, 0.2) is 50.2 Å². The Balaban J connectivity index is 1.69. The minimum atomic E-state index is -3.29. The first kappa shape index (κ1) is 19.3. The molecule has 2 aromatic carbocycles. The molecule has 0 spiro atoms. The molecular formula is C16H12Br2N2O4S2. The van der Waals surface area contributed by atoms with Crippen LogP contribution >= 0.6 is 43.2 Å². The highest BCUT2D eigenvalue weighted by Crippen LogP contribution is 2.29. The lowest BCUT2D eigenvalue weighted by Gasteiger charge is -2.07. The zero-order valence-corrected chi connectivity index (χ0v) is 18.1. The standard InChI is InChI=1S/C16H12Br2N2O4S2/c1-26(22,23)10-3-4-12-14(7-10)25-16(19-12)20-15(21)8-24-13-5-2-9(17)6-11(13)18/h2-7H,8H2,1H3,(H,19,20,21). The average Bonchev–Trinajstić information content (AvgIpc) is 2.94. The molecule has 1 amide bonds. The van der Waals surface area contributed by atoms with Gasteiger partial charge in [-0.3, -0.25) is 10.1 Å². The van der Waals surface area contributed by atoms with Crippen molar-refractivity contribution in [2.75, 3.05) is 18.2 Å². The van der Waals surface area contributed by atoms with Crippen LogP contribution in [0.3, 0.4) is 0 Å². The van der Waals surface area contributed by atoms with Crippen LogP contribution in [0.1, 0.15) is 0 Å². The molecule has 0 radical (unpaired) electrons. The van der Waals surface area contributed by atoms with Crippen LogP contribution < -0.4 is 10.1 Å². The van der Waals surface area contributed by atoms with Crippen LogP contribution in [-0.2, 0) is 14.6 Å². The maximum absolute atomic E-state index is 12.1. The number of halogens is 2. The predicted octanol–water partition coefficient (Wildman–Crippen LogP) is 4.24. The number of fused-ring (bicyclic) bond motifs is 1. The number of hydrogen-bond acceptors (Lipinski definition) is 6. The van der Waals surface area contributed by atoms with Crippen molar-refractivity contribution in [1.82, 2.24) is 4.98 Å². The van der Waals surface area contributed by atoms with E-state index >= 15 is 0 Å². The molecule has 1 aromatic heterocycles. The van der Waals surface area contributed by atoms with Crippen molar-refractivity contribution in [3.63, 3.8) is 0 Å². The number of ether oxygens (including phenoxy) is 1. The first-order valence-electron chi connectivity index (χ1n) is 7.21. The van der Waals surface area contributed by atoms with E-state index in [9.17, 15) is 13.2 Å². The molecule has 1 N–H and O–H groups in total. The van der Waals surface area contributed by atoms with Gasteiger partial charge < -0.3 is 4.74 Å². The molecule has 10 heteroatoms. The second kappa shape index (κ2) is 7.63. The minimum absolute atomic E-state index is 0.176. The van der Waals surface area contributed by atoms with Crippen molar-refractivity contribution in [3.8, 4) is 5.75 Å². The number of anilines is 1. The van der Waals surface area contributed by atoms with E-state index in [0.717, 1.165) is 15.2 Å². The van der Waals surface area contributed by atoms with Gasteiger partial charge in [-0.1, -0.05) is 27.3 Å². The van der Waals surface area contributed by atoms with Gasteiger partial charge in [0.25, 0.3) is 5.91 Å². The maximum Gasteiger partial charge on any atom is 0.264 e. The molecule has 0 bridgehead atoms. The van der Waals surface area contributed by atoms with Gasteiger partial charge in [-0.25, -0.2) is 13.4 Å². The van der Waals surface area contributed by atoms with Gasteiger partial charge in [0.15, 0.2) is 21.6 Å². The highest BCUT2D eigenvalue weighted by atomic mass is 79.9. The van der Waals surface area contributed by atoms with Gasteiger partial charge in [-0.2, -0.15) is 0 Å². The van der Waals surface area contributed by atoms with Gasteiger partial charge in [0.1, 0.15) is 5.75 Å². The third kappa shape index (κ3) is 4.61. The Bertz CT molecular complexity index is 1100. The van der Waals surface area contributed by atoms with Crippen LogP contribution in [0.4, 0.5) is 5.13 Å². The number of carbonyl (C=O) groups is 1. The number of thiazole rings is 1. The van der Waals surface area contributed by atoms with E-state index in [1.54, 1.807) is 18.2 Å². The van der Waals surface area contributed by atoms with Crippen LogP contribution in [0.25, 0.3) is 10.2 Å². The minimum Gasteiger partial charge on any atom is -0.483 e. The summed E-state index contributed by atoms with van der Waals surface area (Å²) in [7, 11) is -3.29. The predicted molar refractivity (Wildman–Crippen MR) is 109 cm³/mol. The van der Waals surface area contributed by atoms with Crippen LogP contribution in [0, 0.1) is 0 Å². The van der Waals surface area contributed by atoms with E-state index in [2.05, 4.69) is 42.2 Å². The summed E-state index contributed by atoms with van der Waals surface area (Å²) in [5.41, 5.74) is 0.620. The van der Waals surface area contributed by atoms with E-state index in [0.29, 0.717) is 21.1 Å². The molecule has 0 fully saturated rings. The molecule has 136 valence electrons. The molecule has 0 aliphatic rings. The quantitative estimate of drug-likeness (QED) is 0.544. The number of aromatic nitrogens is 1. The molecule has 6 nitrogen and oxygen atoms in total. The molecule has 0 aliphatic heterocycles. The number of carbonyl (C=O) groups excluding carboxylic acids is 1. The highest BCUT2D eigenvalue weighted by molar-refractivity contribution is 9.11. The van der Waals surface area contributed by atoms with E-state index in [1.807, 2.05) is 12.1 Å². The Hall–Kier alpha value is -1.49. The van der Waals surface area contributed by atoms with Crippen LogP contribution in [0.2, 0.25) is 0 Å². The van der Waals surface area contributed by atoms with Gasteiger partial charge >= 0.3 is 0 Å². The third-order valence-electron chi connectivity index (χ3n) is 3.29. The van der Waals surface area contributed by atoms with Crippen molar-refractivity contribution in [2.24, 2.45) is 0 Å². The SMILES string of the molecule is CS(=O)(=O)c1ccc2nc(NC(=O)COc3ccc(Br)cc3Br)sc2c1. The van der Waals surface area contributed by atoms with Crippen molar-refractivity contribution in [2.45, 2.75) is 4.90 Å². The summed E-state index contributed by atoms with van der Waals surface area (Å²) in [6, 6.07) is 10.0. The third-order valence-corrected chi connectivity index (χ3v) is 6.44. The molecule has 26 heavy (non-hydrogen) atoms. The lowest BCUT2D eigenvalue weighted by Crippen LogP contribution is -2.20. The summed E-state index contributed by atoms with van der Waals surface area (Å²) < 4.78 is 31.0. The number of nitrogens with zero attached hydrogens (tertiary/aromatic N) is 1. The Morgan fingerprint density at radius 2 is 2.00 bits per heavy atom. The van der Waals surface area contributed by atoms with Gasteiger partial charge in [0, 0.05) is 10.7 Å². The summed E-state index contributed by atoms with van der Waals surface area (Å²) in [5.74, 6) is 0.188.